The molecule has 2 N–H and O–H groups in total. The Bertz CT molecular complexity index is 422. The smallest absolute Gasteiger partial charge is 0.272 e. The van der Waals surface area contributed by atoms with E-state index in [1.54, 1.807) is 18.0 Å². The molecule has 5 nitrogen and oxygen atoms in total. The second-order valence-corrected chi connectivity index (χ2v) is 4.37. The summed E-state index contributed by atoms with van der Waals surface area (Å²) in [5.41, 5.74) is 1.24. The SMILES string of the molecule is Cc1cccc(C(=O)N(C)[C@@H]2CNC[C@H]2O)n1. The van der Waals surface area contributed by atoms with Crippen LogP contribution in [0.1, 0.15) is 16.2 Å². The minimum atomic E-state index is -0.506. The molecule has 1 saturated heterocycles. The number of amides is 1. The first-order valence-corrected chi connectivity index (χ1v) is 5.69. The number of aliphatic hydroxyl groups excluding tert-OH is 1. The van der Waals surface area contributed by atoms with Crippen molar-refractivity contribution >= 4 is 5.91 Å². The van der Waals surface area contributed by atoms with Crippen molar-refractivity contribution < 1.29 is 9.90 Å². The fourth-order valence-corrected chi connectivity index (χ4v) is 2.04. The van der Waals surface area contributed by atoms with E-state index < -0.39 is 6.10 Å². The first-order valence-electron chi connectivity index (χ1n) is 5.69. The molecule has 0 unspecified atom stereocenters. The Labute approximate surface area is 100 Å². The zero-order valence-electron chi connectivity index (χ0n) is 10.1. The summed E-state index contributed by atoms with van der Waals surface area (Å²) in [6.07, 6.45) is -0.506. The van der Waals surface area contributed by atoms with Crippen LogP contribution in [0.3, 0.4) is 0 Å². The maximum atomic E-state index is 12.2. The number of carbonyl (C=O) groups excluding carboxylic acids is 1. The molecule has 17 heavy (non-hydrogen) atoms. The molecule has 1 aromatic heterocycles. The van der Waals surface area contributed by atoms with Gasteiger partial charge in [-0.2, -0.15) is 0 Å². The Morgan fingerprint density at radius 1 is 1.53 bits per heavy atom. The maximum absolute atomic E-state index is 12.2. The molecule has 0 aromatic carbocycles. The van der Waals surface area contributed by atoms with E-state index in [-0.39, 0.29) is 11.9 Å². The number of aliphatic hydroxyl groups is 1. The van der Waals surface area contributed by atoms with E-state index in [1.165, 1.54) is 0 Å². The fourth-order valence-electron chi connectivity index (χ4n) is 2.04. The Morgan fingerprint density at radius 2 is 2.29 bits per heavy atom. The van der Waals surface area contributed by atoms with E-state index in [1.807, 2.05) is 19.1 Å². The highest BCUT2D eigenvalue weighted by atomic mass is 16.3. The molecule has 1 aromatic rings. The summed E-state index contributed by atoms with van der Waals surface area (Å²) in [6.45, 7) is 3.00. The van der Waals surface area contributed by atoms with Crippen LogP contribution in [-0.2, 0) is 0 Å². The van der Waals surface area contributed by atoms with E-state index >= 15 is 0 Å². The highest BCUT2D eigenvalue weighted by Gasteiger charge is 2.31. The lowest BCUT2D eigenvalue weighted by Gasteiger charge is -2.26. The van der Waals surface area contributed by atoms with Gasteiger partial charge in [-0.1, -0.05) is 6.07 Å². The number of hydrogen-bond acceptors (Lipinski definition) is 4. The topological polar surface area (TPSA) is 65.5 Å². The van der Waals surface area contributed by atoms with Gasteiger partial charge < -0.3 is 15.3 Å². The third-order valence-corrected chi connectivity index (χ3v) is 3.08. The van der Waals surface area contributed by atoms with Gasteiger partial charge in [0.15, 0.2) is 0 Å². The fraction of sp³-hybridized carbons (Fsp3) is 0.500. The summed E-state index contributed by atoms with van der Waals surface area (Å²) in [6, 6.07) is 5.18. The normalized spacial score (nSPS) is 23.7. The van der Waals surface area contributed by atoms with Crippen LogP contribution in [0, 0.1) is 6.92 Å². The Kier molecular flexibility index (Phi) is 3.40. The minimum Gasteiger partial charge on any atom is -0.390 e. The van der Waals surface area contributed by atoms with Crippen LogP contribution in [0.15, 0.2) is 18.2 Å². The van der Waals surface area contributed by atoms with Crippen molar-refractivity contribution in [1.82, 2.24) is 15.2 Å². The van der Waals surface area contributed by atoms with Crippen LogP contribution in [-0.4, -0.2) is 53.2 Å². The minimum absolute atomic E-state index is 0.151. The third-order valence-electron chi connectivity index (χ3n) is 3.08. The van der Waals surface area contributed by atoms with Gasteiger partial charge in [-0.25, -0.2) is 4.98 Å². The average Bonchev–Trinajstić information content (AvgIpc) is 2.73. The molecule has 1 fully saturated rings. The quantitative estimate of drug-likeness (QED) is 0.745. The Balaban J connectivity index is 2.14. The summed E-state index contributed by atoms with van der Waals surface area (Å²) in [7, 11) is 1.70. The van der Waals surface area contributed by atoms with Crippen LogP contribution < -0.4 is 5.32 Å². The monoisotopic (exact) mass is 235 g/mol. The lowest BCUT2D eigenvalue weighted by atomic mass is 10.1. The molecule has 5 heteroatoms. The number of aromatic nitrogens is 1. The van der Waals surface area contributed by atoms with Crippen molar-refractivity contribution in [1.29, 1.82) is 0 Å². The van der Waals surface area contributed by atoms with Gasteiger partial charge in [0.25, 0.3) is 5.91 Å². The van der Waals surface area contributed by atoms with Crippen LogP contribution in [0.25, 0.3) is 0 Å². The largest absolute Gasteiger partial charge is 0.390 e. The van der Waals surface area contributed by atoms with Crippen molar-refractivity contribution in [2.45, 2.75) is 19.1 Å². The first kappa shape index (κ1) is 12.0. The van der Waals surface area contributed by atoms with Crippen molar-refractivity contribution in [3.05, 3.63) is 29.6 Å². The lowest BCUT2D eigenvalue weighted by molar-refractivity contribution is 0.0575. The number of nitrogens with one attached hydrogen (secondary N) is 1. The molecule has 2 heterocycles. The molecular weight excluding hydrogens is 218 g/mol. The Hall–Kier alpha value is -1.46. The first-order chi connectivity index (χ1) is 8.09. The molecule has 2 atom stereocenters. The molecule has 0 bridgehead atoms. The number of hydrogen-bond donors (Lipinski definition) is 2. The Morgan fingerprint density at radius 3 is 2.88 bits per heavy atom. The van der Waals surface area contributed by atoms with Gasteiger partial charge in [-0.15, -0.1) is 0 Å². The van der Waals surface area contributed by atoms with Crippen LogP contribution in [0.5, 0.6) is 0 Å². The number of nitrogens with zero attached hydrogens (tertiary/aromatic N) is 2. The lowest BCUT2D eigenvalue weighted by Crippen LogP contribution is -2.44. The predicted molar refractivity (Wildman–Crippen MR) is 63.7 cm³/mol. The zero-order valence-corrected chi connectivity index (χ0v) is 10.1. The molecule has 2 rings (SSSR count). The highest BCUT2D eigenvalue weighted by molar-refractivity contribution is 5.92. The van der Waals surface area contributed by atoms with Gasteiger partial charge in [0.2, 0.25) is 0 Å². The molecule has 0 aliphatic carbocycles. The second-order valence-electron chi connectivity index (χ2n) is 4.37. The van der Waals surface area contributed by atoms with Crippen molar-refractivity contribution in [2.75, 3.05) is 20.1 Å². The van der Waals surface area contributed by atoms with E-state index in [0.29, 0.717) is 18.8 Å². The standard InChI is InChI=1S/C12H17N3O2/c1-8-4-3-5-9(14-8)12(17)15(2)10-6-13-7-11(10)16/h3-5,10-11,13,16H,6-7H2,1-2H3/t10-,11-/m1/s1. The highest BCUT2D eigenvalue weighted by Crippen LogP contribution is 2.11. The number of aryl methyl sites for hydroxylation is 1. The number of pyridine rings is 1. The maximum Gasteiger partial charge on any atom is 0.272 e. The van der Waals surface area contributed by atoms with E-state index in [4.69, 9.17) is 0 Å². The van der Waals surface area contributed by atoms with E-state index in [2.05, 4.69) is 10.3 Å². The average molecular weight is 235 g/mol. The molecule has 92 valence electrons. The summed E-state index contributed by atoms with van der Waals surface area (Å²) in [5.74, 6) is -0.151. The van der Waals surface area contributed by atoms with Gasteiger partial charge in [0.05, 0.1) is 12.1 Å². The zero-order chi connectivity index (χ0) is 12.4. The molecule has 0 spiro atoms. The van der Waals surface area contributed by atoms with Gasteiger partial charge in [0.1, 0.15) is 5.69 Å². The van der Waals surface area contributed by atoms with Crippen LogP contribution >= 0.6 is 0 Å². The molecule has 1 aliphatic rings. The summed E-state index contributed by atoms with van der Waals surface area (Å²) < 4.78 is 0. The molecule has 0 radical (unpaired) electrons. The van der Waals surface area contributed by atoms with Gasteiger partial charge in [-0.05, 0) is 19.1 Å². The molecule has 1 amide bonds. The van der Waals surface area contributed by atoms with Crippen LogP contribution in [0.4, 0.5) is 0 Å². The van der Waals surface area contributed by atoms with Gasteiger partial charge in [-0.3, -0.25) is 4.79 Å². The van der Waals surface area contributed by atoms with Crippen LogP contribution in [0.2, 0.25) is 0 Å². The third kappa shape index (κ3) is 2.45. The number of likely N-dealkylation sites (N-methyl/N-ethyl adjacent to an activating group) is 1. The van der Waals surface area contributed by atoms with E-state index in [9.17, 15) is 9.90 Å². The molecular formula is C12H17N3O2. The van der Waals surface area contributed by atoms with Gasteiger partial charge in [0, 0.05) is 25.8 Å². The van der Waals surface area contributed by atoms with Crippen molar-refractivity contribution in [3.8, 4) is 0 Å². The summed E-state index contributed by atoms with van der Waals surface area (Å²) in [4.78, 5) is 17.9. The molecule has 0 saturated carbocycles. The second kappa shape index (κ2) is 4.81. The predicted octanol–water partition coefficient (Wildman–Crippen LogP) is -0.205. The number of β-amino-alcohol motifs (C(OH)–C–C–N with tert-alkyl or cyclic N) is 1. The number of carbonyl (C=O) groups is 1. The van der Waals surface area contributed by atoms with Crippen molar-refractivity contribution in [2.24, 2.45) is 0 Å². The molecule has 1 aliphatic heterocycles. The van der Waals surface area contributed by atoms with Crippen molar-refractivity contribution in [3.63, 3.8) is 0 Å². The summed E-state index contributed by atoms with van der Waals surface area (Å²) >= 11 is 0. The van der Waals surface area contributed by atoms with Gasteiger partial charge >= 0.3 is 0 Å². The van der Waals surface area contributed by atoms with E-state index in [0.717, 1.165) is 5.69 Å². The number of rotatable bonds is 2. The summed E-state index contributed by atoms with van der Waals surface area (Å²) in [5, 5.41) is 12.8.